The average molecular weight is 367 g/mol. The quantitative estimate of drug-likeness (QED) is 0.875. The van der Waals surface area contributed by atoms with E-state index in [1.807, 2.05) is 13.8 Å². The van der Waals surface area contributed by atoms with Gasteiger partial charge in [-0.2, -0.15) is 4.98 Å². The minimum atomic E-state index is -3.13. The Kier molecular flexibility index (Phi) is 6.12. The van der Waals surface area contributed by atoms with E-state index in [1.165, 1.54) is 21.2 Å². The van der Waals surface area contributed by atoms with Gasteiger partial charge in [0.05, 0.1) is 6.26 Å². The van der Waals surface area contributed by atoms with Crippen LogP contribution < -0.4 is 10.9 Å². The molecule has 0 bridgehead atoms. The van der Waals surface area contributed by atoms with Gasteiger partial charge in [-0.25, -0.2) is 17.7 Å². The van der Waals surface area contributed by atoms with Gasteiger partial charge in [0.2, 0.25) is 16.0 Å². The molecule has 0 amide bonds. The zero-order valence-electron chi connectivity index (χ0n) is 15.1. The maximum Gasteiger partial charge on any atom is 0.251 e. The number of anilines is 1. The predicted octanol–water partition coefficient (Wildman–Crippen LogP) is 1.19. The zero-order chi connectivity index (χ0) is 18.6. The van der Waals surface area contributed by atoms with Crippen molar-refractivity contribution >= 4 is 27.0 Å². The molecule has 3 heterocycles. The first-order valence-corrected chi connectivity index (χ1v) is 10.2. The number of hydrogen-bond donors (Lipinski definition) is 1. The molecular weight excluding hydrogens is 342 g/mol. The number of aryl methyl sites for hydroxylation is 1. The number of piperidine rings is 1. The van der Waals surface area contributed by atoms with Crippen LogP contribution in [0.15, 0.2) is 23.1 Å². The van der Waals surface area contributed by atoms with Crippen LogP contribution in [-0.4, -0.2) is 52.6 Å². The lowest BCUT2D eigenvalue weighted by atomic mass is 10.1. The van der Waals surface area contributed by atoms with E-state index in [9.17, 15) is 13.2 Å². The fourth-order valence-corrected chi connectivity index (χ4v) is 3.60. The molecule has 0 atom stereocenters. The average Bonchev–Trinajstić information content (AvgIpc) is 2.60. The summed E-state index contributed by atoms with van der Waals surface area (Å²) in [6, 6.07) is 3.30. The van der Waals surface area contributed by atoms with Crippen LogP contribution >= 0.6 is 0 Å². The third kappa shape index (κ3) is 4.55. The van der Waals surface area contributed by atoms with Crippen molar-refractivity contribution in [2.75, 3.05) is 24.7 Å². The van der Waals surface area contributed by atoms with Crippen LogP contribution in [0.1, 0.15) is 26.7 Å². The number of nitrogens with one attached hydrogen (secondary N) is 1. The SMILES string of the molecule is CC.Cn1c(=O)ccc2cnc(NC3CCN(S(C)(=O)=O)CC3)nc21. The summed E-state index contributed by atoms with van der Waals surface area (Å²) in [4.78, 5) is 20.4. The third-order valence-corrected chi connectivity index (χ3v) is 5.41. The molecule has 0 aliphatic carbocycles. The van der Waals surface area contributed by atoms with Gasteiger partial charge in [0, 0.05) is 43.8 Å². The number of aromatic nitrogens is 3. The first kappa shape index (κ1) is 19.3. The molecule has 0 aromatic carbocycles. The van der Waals surface area contributed by atoms with Crippen molar-refractivity contribution in [3.63, 3.8) is 0 Å². The molecule has 138 valence electrons. The minimum absolute atomic E-state index is 0.117. The van der Waals surface area contributed by atoms with Gasteiger partial charge in [0.1, 0.15) is 5.65 Å². The van der Waals surface area contributed by atoms with Crippen molar-refractivity contribution in [2.24, 2.45) is 7.05 Å². The molecule has 1 aliphatic rings. The Hall–Kier alpha value is -2.00. The van der Waals surface area contributed by atoms with Crippen LogP contribution in [0.3, 0.4) is 0 Å². The molecule has 25 heavy (non-hydrogen) atoms. The van der Waals surface area contributed by atoms with Crippen LogP contribution in [0.2, 0.25) is 0 Å². The Labute approximate surface area is 147 Å². The number of hydrogen-bond acceptors (Lipinski definition) is 6. The van der Waals surface area contributed by atoms with E-state index in [2.05, 4.69) is 15.3 Å². The molecule has 3 rings (SSSR count). The van der Waals surface area contributed by atoms with Gasteiger partial charge in [0.25, 0.3) is 5.56 Å². The molecular formula is C16H25N5O3S. The van der Waals surface area contributed by atoms with Crippen LogP contribution in [0.4, 0.5) is 5.95 Å². The number of sulfonamides is 1. The van der Waals surface area contributed by atoms with Crippen molar-refractivity contribution in [2.45, 2.75) is 32.7 Å². The lowest BCUT2D eigenvalue weighted by molar-refractivity contribution is 0.331. The van der Waals surface area contributed by atoms with Gasteiger partial charge in [-0.1, -0.05) is 13.8 Å². The monoisotopic (exact) mass is 367 g/mol. The summed E-state index contributed by atoms with van der Waals surface area (Å²) >= 11 is 0. The van der Waals surface area contributed by atoms with E-state index in [1.54, 1.807) is 19.3 Å². The van der Waals surface area contributed by atoms with Gasteiger partial charge in [0.15, 0.2) is 0 Å². The van der Waals surface area contributed by atoms with Crippen LogP contribution in [-0.2, 0) is 17.1 Å². The van der Waals surface area contributed by atoms with Crippen LogP contribution in [0, 0.1) is 0 Å². The summed E-state index contributed by atoms with van der Waals surface area (Å²) in [6.07, 6.45) is 4.30. The maximum atomic E-state index is 11.7. The van der Waals surface area contributed by atoms with Gasteiger partial charge >= 0.3 is 0 Å². The molecule has 0 spiro atoms. The smallest absolute Gasteiger partial charge is 0.251 e. The summed E-state index contributed by atoms with van der Waals surface area (Å²) in [5.41, 5.74) is 0.451. The largest absolute Gasteiger partial charge is 0.351 e. The van der Waals surface area contributed by atoms with Crippen molar-refractivity contribution in [3.8, 4) is 0 Å². The molecule has 1 aliphatic heterocycles. The Morgan fingerprint density at radius 3 is 2.44 bits per heavy atom. The van der Waals surface area contributed by atoms with E-state index in [4.69, 9.17) is 0 Å². The molecule has 0 unspecified atom stereocenters. The molecule has 2 aromatic rings. The van der Waals surface area contributed by atoms with Gasteiger partial charge in [-0.05, 0) is 18.9 Å². The van der Waals surface area contributed by atoms with Crippen molar-refractivity contribution in [1.82, 2.24) is 18.8 Å². The van der Waals surface area contributed by atoms with Crippen molar-refractivity contribution < 1.29 is 8.42 Å². The van der Waals surface area contributed by atoms with Crippen LogP contribution in [0.25, 0.3) is 11.0 Å². The lowest BCUT2D eigenvalue weighted by Crippen LogP contribution is -2.42. The lowest BCUT2D eigenvalue weighted by Gasteiger charge is -2.30. The fraction of sp³-hybridized carbons (Fsp3) is 0.562. The van der Waals surface area contributed by atoms with Crippen LogP contribution in [0.5, 0.6) is 0 Å². The normalized spacial score (nSPS) is 16.3. The Morgan fingerprint density at radius 2 is 1.84 bits per heavy atom. The molecule has 1 saturated heterocycles. The first-order chi connectivity index (χ1) is 11.8. The maximum absolute atomic E-state index is 11.7. The Bertz CT molecular complexity index is 886. The molecule has 1 N–H and O–H groups in total. The second-order valence-electron chi connectivity index (χ2n) is 5.78. The standard InChI is InChI=1S/C14H19N5O3S.C2H6/c1-18-12(20)4-3-10-9-15-14(17-13(10)18)16-11-5-7-19(8-6-11)23(2,21)22;1-2/h3-4,9,11H,5-8H2,1-2H3,(H,15,16,17);1-2H3. The number of fused-ring (bicyclic) bond motifs is 1. The number of rotatable bonds is 3. The highest BCUT2D eigenvalue weighted by atomic mass is 32.2. The highest BCUT2D eigenvalue weighted by Gasteiger charge is 2.25. The Balaban J connectivity index is 0.00000109. The van der Waals surface area contributed by atoms with Crippen molar-refractivity contribution in [3.05, 3.63) is 28.7 Å². The Morgan fingerprint density at radius 1 is 1.20 bits per heavy atom. The second-order valence-corrected chi connectivity index (χ2v) is 7.77. The molecule has 2 aromatic heterocycles. The van der Waals surface area contributed by atoms with E-state index in [-0.39, 0.29) is 11.6 Å². The van der Waals surface area contributed by atoms with E-state index >= 15 is 0 Å². The number of pyridine rings is 1. The topological polar surface area (TPSA) is 97.2 Å². The summed E-state index contributed by atoms with van der Waals surface area (Å²) in [5.74, 6) is 0.455. The highest BCUT2D eigenvalue weighted by Crippen LogP contribution is 2.17. The summed E-state index contributed by atoms with van der Waals surface area (Å²) in [6.45, 7) is 4.98. The number of nitrogens with zero attached hydrogens (tertiary/aromatic N) is 4. The molecule has 9 heteroatoms. The van der Waals surface area contributed by atoms with Crippen molar-refractivity contribution in [1.29, 1.82) is 0 Å². The molecule has 0 saturated carbocycles. The third-order valence-electron chi connectivity index (χ3n) is 4.11. The fourth-order valence-electron chi connectivity index (χ4n) is 2.73. The molecule has 8 nitrogen and oxygen atoms in total. The van der Waals surface area contributed by atoms with E-state index in [0.29, 0.717) is 37.5 Å². The summed E-state index contributed by atoms with van der Waals surface area (Å²) in [7, 11) is -1.45. The highest BCUT2D eigenvalue weighted by molar-refractivity contribution is 7.88. The molecule has 1 fully saturated rings. The summed E-state index contributed by atoms with van der Waals surface area (Å²) < 4.78 is 26.0. The molecule has 0 radical (unpaired) electrons. The van der Waals surface area contributed by atoms with Gasteiger partial charge in [-0.15, -0.1) is 0 Å². The zero-order valence-corrected chi connectivity index (χ0v) is 15.9. The second kappa shape index (κ2) is 7.92. The van der Waals surface area contributed by atoms with E-state index in [0.717, 1.165) is 5.39 Å². The minimum Gasteiger partial charge on any atom is -0.351 e. The van der Waals surface area contributed by atoms with Gasteiger partial charge < -0.3 is 5.32 Å². The van der Waals surface area contributed by atoms with Gasteiger partial charge in [-0.3, -0.25) is 9.36 Å². The summed E-state index contributed by atoms with van der Waals surface area (Å²) in [5, 5.41) is 4.03. The first-order valence-electron chi connectivity index (χ1n) is 8.39. The predicted molar refractivity (Wildman–Crippen MR) is 99.2 cm³/mol. The van der Waals surface area contributed by atoms with E-state index < -0.39 is 10.0 Å².